The number of likely N-dealkylation sites (N-methyl/N-ethyl adjacent to an activating group) is 1. The first-order chi connectivity index (χ1) is 13.5. The smallest absolute Gasteiger partial charge is 0.248 e. The van der Waals surface area contributed by atoms with Gasteiger partial charge in [0.15, 0.2) is 5.82 Å². The third-order valence-corrected chi connectivity index (χ3v) is 5.60. The molecule has 0 bridgehead atoms. The predicted octanol–water partition coefficient (Wildman–Crippen LogP) is 0.365. The summed E-state index contributed by atoms with van der Waals surface area (Å²) in [5, 5.41) is 16.5. The number of hydrogen-bond donors (Lipinski definition) is 4. The summed E-state index contributed by atoms with van der Waals surface area (Å²) in [6.07, 6.45) is 1.76. The molecule has 0 unspecified atom stereocenters. The number of carbonyl (C=O) groups is 1. The van der Waals surface area contributed by atoms with Crippen LogP contribution in [0.3, 0.4) is 0 Å². The minimum Gasteiger partial charge on any atom is -0.395 e. The van der Waals surface area contributed by atoms with Gasteiger partial charge in [-0.2, -0.15) is 0 Å². The van der Waals surface area contributed by atoms with Crippen LogP contribution in [0.2, 0.25) is 0 Å². The van der Waals surface area contributed by atoms with E-state index in [2.05, 4.69) is 15.5 Å². The van der Waals surface area contributed by atoms with E-state index in [0.29, 0.717) is 17.9 Å². The zero-order valence-corrected chi connectivity index (χ0v) is 16.0. The molecule has 148 valence electrons. The normalized spacial score (nSPS) is 22.1. The summed E-state index contributed by atoms with van der Waals surface area (Å²) in [5.41, 5.74) is 8.80. The van der Waals surface area contributed by atoms with Crippen molar-refractivity contribution in [3.63, 3.8) is 0 Å². The van der Waals surface area contributed by atoms with Gasteiger partial charge in [0.25, 0.3) is 0 Å². The van der Waals surface area contributed by atoms with Crippen molar-refractivity contribution in [3.05, 3.63) is 41.1 Å². The molecule has 8 nitrogen and oxygen atoms in total. The van der Waals surface area contributed by atoms with Crippen LogP contribution in [-0.4, -0.2) is 64.7 Å². The Morgan fingerprint density at radius 2 is 2.14 bits per heavy atom. The van der Waals surface area contributed by atoms with Crippen molar-refractivity contribution in [2.75, 3.05) is 32.1 Å². The van der Waals surface area contributed by atoms with Gasteiger partial charge in [-0.25, -0.2) is 9.97 Å². The van der Waals surface area contributed by atoms with Crippen molar-refractivity contribution in [1.82, 2.24) is 20.2 Å². The predicted molar refractivity (Wildman–Crippen MR) is 107 cm³/mol. The second-order valence-corrected chi connectivity index (χ2v) is 7.54. The maximum Gasteiger partial charge on any atom is 0.248 e. The molecule has 3 heterocycles. The Hall–Kier alpha value is -2.55. The highest BCUT2D eigenvalue weighted by atomic mass is 16.3. The molecule has 2 atom stereocenters. The highest BCUT2D eigenvalue weighted by molar-refractivity contribution is 5.93. The molecule has 1 aromatic heterocycles. The van der Waals surface area contributed by atoms with E-state index >= 15 is 0 Å². The third-order valence-electron chi connectivity index (χ3n) is 5.60. The van der Waals surface area contributed by atoms with Crippen LogP contribution in [0.5, 0.6) is 0 Å². The van der Waals surface area contributed by atoms with Gasteiger partial charge in [-0.1, -0.05) is 12.1 Å². The standard InChI is InChI=1S/C20H26N6O2/c1-26-10-14(8-15(26)11-27)23-20-16-6-7-22-9-17(16)24-19(25-20)13-4-2-12(3-5-13)18(21)28/h2-5,14-15,22,27H,6-11H2,1H3,(H2,21,28)(H,23,24,25)/t14-,15+/m1/s1. The van der Waals surface area contributed by atoms with Crippen molar-refractivity contribution in [2.45, 2.75) is 31.5 Å². The number of primary amides is 1. The molecule has 1 amide bonds. The second kappa shape index (κ2) is 7.83. The van der Waals surface area contributed by atoms with E-state index in [0.717, 1.165) is 48.6 Å². The summed E-state index contributed by atoms with van der Waals surface area (Å²) in [4.78, 5) is 23.1. The van der Waals surface area contributed by atoms with Crippen molar-refractivity contribution in [3.8, 4) is 11.4 Å². The van der Waals surface area contributed by atoms with Gasteiger partial charge >= 0.3 is 0 Å². The number of nitrogens with two attached hydrogens (primary N) is 1. The van der Waals surface area contributed by atoms with Gasteiger partial charge in [-0.05, 0) is 38.6 Å². The number of nitrogens with one attached hydrogen (secondary N) is 2. The van der Waals surface area contributed by atoms with E-state index < -0.39 is 5.91 Å². The fraction of sp³-hybridized carbons (Fsp3) is 0.450. The van der Waals surface area contributed by atoms with Gasteiger partial charge in [0.1, 0.15) is 5.82 Å². The van der Waals surface area contributed by atoms with Crippen molar-refractivity contribution in [1.29, 1.82) is 0 Å². The number of aliphatic hydroxyl groups excluding tert-OH is 1. The molecular formula is C20H26N6O2. The monoisotopic (exact) mass is 382 g/mol. The number of benzene rings is 1. The molecule has 8 heteroatoms. The Morgan fingerprint density at radius 1 is 1.36 bits per heavy atom. The van der Waals surface area contributed by atoms with Gasteiger partial charge < -0.3 is 21.5 Å². The third kappa shape index (κ3) is 3.71. The van der Waals surface area contributed by atoms with Crippen molar-refractivity contribution in [2.24, 2.45) is 5.73 Å². The molecule has 1 aromatic carbocycles. The molecule has 0 saturated carbocycles. The molecule has 4 rings (SSSR count). The summed E-state index contributed by atoms with van der Waals surface area (Å²) in [5.74, 6) is 1.05. The maximum atomic E-state index is 11.3. The number of fused-ring (bicyclic) bond motifs is 1. The lowest BCUT2D eigenvalue weighted by atomic mass is 10.0. The highest BCUT2D eigenvalue weighted by Crippen LogP contribution is 2.27. The van der Waals surface area contributed by atoms with Crippen LogP contribution in [0.25, 0.3) is 11.4 Å². The quantitative estimate of drug-likeness (QED) is 0.590. The summed E-state index contributed by atoms with van der Waals surface area (Å²) in [7, 11) is 2.04. The van der Waals surface area contributed by atoms with Crippen LogP contribution < -0.4 is 16.4 Å². The summed E-state index contributed by atoms with van der Waals surface area (Å²) < 4.78 is 0. The van der Waals surface area contributed by atoms with Gasteiger partial charge in [0.2, 0.25) is 5.91 Å². The summed E-state index contributed by atoms with van der Waals surface area (Å²) in [6, 6.07) is 7.46. The number of aliphatic hydroxyl groups is 1. The number of rotatable bonds is 5. The minimum absolute atomic E-state index is 0.165. The molecular weight excluding hydrogens is 356 g/mol. The molecule has 28 heavy (non-hydrogen) atoms. The van der Waals surface area contributed by atoms with E-state index in [1.807, 2.05) is 19.2 Å². The van der Waals surface area contributed by atoms with E-state index in [9.17, 15) is 9.90 Å². The van der Waals surface area contributed by atoms with Crippen molar-refractivity contribution >= 4 is 11.7 Å². The van der Waals surface area contributed by atoms with E-state index in [-0.39, 0.29) is 18.7 Å². The second-order valence-electron chi connectivity index (χ2n) is 7.54. The van der Waals surface area contributed by atoms with Crippen LogP contribution in [0.15, 0.2) is 24.3 Å². The van der Waals surface area contributed by atoms with Gasteiger partial charge in [-0.15, -0.1) is 0 Å². The Balaban J connectivity index is 1.65. The first-order valence-corrected chi connectivity index (χ1v) is 9.63. The Labute approximate surface area is 164 Å². The topological polar surface area (TPSA) is 116 Å². The lowest BCUT2D eigenvalue weighted by Gasteiger charge is -2.23. The number of nitrogens with zero attached hydrogens (tertiary/aromatic N) is 3. The Kier molecular flexibility index (Phi) is 5.25. The number of carbonyl (C=O) groups excluding carboxylic acids is 1. The average Bonchev–Trinajstić information content (AvgIpc) is 3.07. The number of aromatic nitrogens is 2. The van der Waals surface area contributed by atoms with Gasteiger partial charge in [0.05, 0.1) is 12.3 Å². The first kappa shape index (κ1) is 18.8. The van der Waals surface area contributed by atoms with Crippen LogP contribution >= 0.6 is 0 Å². The van der Waals surface area contributed by atoms with Crippen LogP contribution in [0, 0.1) is 0 Å². The lowest BCUT2D eigenvalue weighted by molar-refractivity contribution is 0.100. The van der Waals surface area contributed by atoms with E-state index in [1.54, 1.807) is 12.1 Å². The number of likely N-dealkylation sites (tertiary alicyclic amines) is 1. The SMILES string of the molecule is CN1C[C@H](Nc2nc(-c3ccc(C(N)=O)cc3)nc3c2CCNC3)C[C@H]1CO. The number of anilines is 1. The highest BCUT2D eigenvalue weighted by Gasteiger charge is 2.30. The Bertz CT molecular complexity index is 870. The minimum atomic E-state index is -0.451. The molecule has 0 radical (unpaired) electrons. The zero-order chi connectivity index (χ0) is 19.7. The molecule has 2 aliphatic heterocycles. The van der Waals surface area contributed by atoms with Crippen molar-refractivity contribution < 1.29 is 9.90 Å². The summed E-state index contributed by atoms with van der Waals surface area (Å²) >= 11 is 0. The van der Waals surface area contributed by atoms with Crippen LogP contribution in [0.1, 0.15) is 28.0 Å². The molecule has 5 N–H and O–H groups in total. The largest absolute Gasteiger partial charge is 0.395 e. The summed E-state index contributed by atoms with van der Waals surface area (Å²) in [6.45, 7) is 2.65. The fourth-order valence-electron chi connectivity index (χ4n) is 3.98. The lowest BCUT2D eigenvalue weighted by Crippen LogP contribution is -2.30. The maximum absolute atomic E-state index is 11.3. The van der Waals surface area contributed by atoms with Gasteiger partial charge in [0, 0.05) is 41.9 Å². The molecule has 0 aliphatic carbocycles. The van der Waals surface area contributed by atoms with E-state index in [4.69, 9.17) is 15.7 Å². The zero-order valence-electron chi connectivity index (χ0n) is 16.0. The fourth-order valence-corrected chi connectivity index (χ4v) is 3.98. The van der Waals surface area contributed by atoms with Gasteiger partial charge in [-0.3, -0.25) is 9.69 Å². The Morgan fingerprint density at radius 3 is 2.82 bits per heavy atom. The molecule has 1 saturated heterocycles. The van der Waals surface area contributed by atoms with Crippen LogP contribution in [-0.2, 0) is 13.0 Å². The first-order valence-electron chi connectivity index (χ1n) is 9.63. The average molecular weight is 382 g/mol. The number of hydrogen-bond acceptors (Lipinski definition) is 7. The van der Waals surface area contributed by atoms with E-state index in [1.165, 1.54) is 0 Å². The molecule has 1 fully saturated rings. The number of amides is 1. The molecule has 2 aromatic rings. The molecule has 0 spiro atoms. The molecule has 2 aliphatic rings. The van der Waals surface area contributed by atoms with Crippen LogP contribution in [0.4, 0.5) is 5.82 Å².